The molecule has 1 fully saturated rings. The van der Waals surface area contributed by atoms with E-state index in [-0.39, 0.29) is 30.1 Å². The molecule has 0 saturated carbocycles. The summed E-state index contributed by atoms with van der Waals surface area (Å²) >= 11 is 1.93. The molecule has 2 N–H and O–H groups in total. The van der Waals surface area contributed by atoms with E-state index in [1.807, 2.05) is 112 Å². The Morgan fingerprint density at radius 3 is 2.40 bits per heavy atom. The number of pyridine rings is 1. The molecule has 0 radical (unpaired) electrons. The number of hydrogen-bond donors (Lipinski definition) is 2. The molecule has 2 unspecified atom stereocenters. The van der Waals surface area contributed by atoms with Gasteiger partial charge < -0.3 is 23.8 Å². The van der Waals surface area contributed by atoms with Crippen LogP contribution in [-0.2, 0) is 14.3 Å². The predicted molar refractivity (Wildman–Crippen MR) is 200 cm³/mol. The fourth-order valence-corrected chi connectivity index (χ4v) is 5.39. The van der Waals surface area contributed by atoms with Gasteiger partial charge in [0.15, 0.2) is 0 Å². The third-order valence-electron chi connectivity index (χ3n) is 7.32. The first-order chi connectivity index (χ1) is 22.9. The van der Waals surface area contributed by atoms with Crippen LogP contribution in [0.15, 0.2) is 67.3 Å². The summed E-state index contributed by atoms with van der Waals surface area (Å²) in [6.45, 7) is 16.8. The number of hydrazine groups is 1. The van der Waals surface area contributed by atoms with Gasteiger partial charge >= 0.3 is 12.1 Å². The monoisotopic (exact) mass is 772 g/mol. The van der Waals surface area contributed by atoms with E-state index in [0.29, 0.717) is 25.6 Å². The number of methoxy groups -OCH3 is 1. The molecular weight excluding hydrogens is 723 g/mol. The Morgan fingerprint density at radius 2 is 1.83 bits per heavy atom. The van der Waals surface area contributed by atoms with Crippen molar-refractivity contribution in [3.8, 4) is 35.6 Å². The van der Waals surface area contributed by atoms with Crippen LogP contribution < -0.4 is 18.5 Å². The molecule has 260 valence electrons. The molecule has 4 rings (SSSR count). The lowest BCUT2D eigenvalue weighted by Crippen LogP contribution is -2.48. The molecule has 1 aliphatic rings. The molecule has 1 amide bonds. The summed E-state index contributed by atoms with van der Waals surface area (Å²) in [5.41, 5.74) is 5.03. The lowest BCUT2D eigenvalue weighted by atomic mass is 9.89. The minimum absolute atomic E-state index is 0.0475. The quantitative estimate of drug-likeness (QED) is 0.0516. The Balaban J connectivity index is 0.000000400. The first-order valence-corrected chi connectivity index (χ1v) is 16.9. The third-order valence-corrected chi connectivity index (χ3v) is 7.63. The van der Waals surface area contributed by atoms with Crippen molar-refractivity contribution >= 4 is 45.8 Å². The fraction of sp³-hybridized carbons (Fsp3) is 0.432. The van der Waals surface area contributed by atoms with Crippen LogP contribution in [0.3, 0.4) is 0 Å². The number of benzene rings is 2. The second-order valence-corrected chi connectivity index (χ2v) is 12.8. The largest absolute Gasteiger partial charge is 0.497 e. The van der Waals surface area contributed by atoms with Crippen LogP contribution in [0.25, 0.3) is 22.2 Å². The van der Waals surface area contributed by atoms with Gasteiger partial charge in [0, 0.05) is 64.8 Å². The molecule has 1 saturated heterocycles. The Kier molecular flexibility index (Phi) is 16.7. The minimum atomic E-state index is -0.513. The number of rotatable bonds is 11. The number of likely N-dealkylation sites (tertiary alicyclic amines) is 1. The van der Waals surface area contributed by atoms with E-state index in [9.17, 15) is 9.59 Å². The van der Waals surface area contributed by atoms with Crippen molar-refractivity contribution < 1.29 is 28.5 Å². The number of hydrogen-bond acceptors (Lipinski definition) is 9. The number of carbonyl (C=O) groups excluding carboxylic acids is 2. The van der Waals surface area contributed by atoms with Crippen LogP contribution in [0.2, 0.25) is 0 Å². The number of carbonyl (C=O) groups is 2. The smallest absolute Gasteiger partial charge is 0.410 e. The maximum atomic E-state index is 12.4. The number of terminal acetylenes is 1. The van der Waals surface area contributed by atoms with E-state index in [1.54, 1.807) is 25.0 Å². The van der Waals surface area contributed by atoms with Crippen molar-refractivity contribution in [2.75, 3.05) is 26.8 Å². The van der Waals surface area contributed by atoms with E-state index < -0.39 is 5.60 Å². The number of halogens is 1. The number of ether oxygens (including phenoxy) is 4. The zero-order valence-electron chi connectivity index (χ0n) is 29.0. The second-order valence-electron chi connectivity index (χ2n) is 12.2. The summed E-state index contributed by atoms with van der Waals surface area (Å²) in [6.07, 6.45) is 10.1. The molecule has 10 nitrogen and oxygen atoms in total. The summed E-state index contributed by atoms with van der Waals surface area (Å²) in [7, 11) is 1.64. The van der Waals surface area contributed by atoms with Gasteiger partial charge in [0.2, 0.25) is 0 Å². The van der Waals surface area contributed by atoms with Crippen molar-refractivity contribution in [1.29, 1.82) is 0 Å². The normalized spacial score (nSPS) is 15.2. The number of nitrogens with zero attached hydrogens (tertiary/aromatic N) is 2. The maximum Gasteiger partial charge on any atom is 0.410 e. The first-order valence-electron chi connectivity index (χ1n) is 15.8. The highest BCUT2D eigenvalue weighted by Gasteiger charge is 2.32. The van der Waals surface area contributed by atoms with Crippen LogP contribution in [0, 0.1) is 24.7 Å². The van der Waals surface area contributed by atoms with Crippen LogP contribution in [-0.4, -0.2) is 66.5 Å². The van der Waals surface area contributed by atoms with Gasteiger partial charge in [-0.2, -0.15) is 3.64 Å². The van der Waals surface area contributed by atoms with Gasteiger partial charge in [0.1, 0.15) is 29.2 Å². The molecule has 0 bridgehead atoms. The van der Waals surface area contributed by atoms with Gasteiger partial charge in [0.25, 0.3) is 0 Å². The van der Waals surface area contributed by atoms with Gasteiger partial charge in [-0.3, -0.25) is 4.79 Å². The van der Waals surface area contributed by atoms with Gasteiger partial charge in [-0.05, 0) is 45.7 Å². The van der Waals surface area contributed by atoms with Gasteiger partial charge in [-0.15, -0.1) is 19.4 Å². The zero-order valence-corrected chi connectivity index (χ0v) is 31.2. The van der Waals surface area contributed by atoms with Crippen LogP contribution in [0.5, 0.6) is 11.5 Å². The van der Waals surface area contributed by atoms with Crippen molar-refractivity contribution in [1.82, 2.24) is 18.9 Å². The molecule has 2 heterocycles. The SMILES string of the molecule is C#C.C=CC(C(C)C)C(NNI)C(=O)OCC.COc1ccc2c(O[C@@H]3CCN(C(=O)OC(C)(C)C)C3)cc(-c3ccccc3)nc2c1. The number of nitrogens with one attached hydrogen (secondary N) is 2. The number of amides is 1. The summed E-state index contributed by atoms with van der Waals surface area (Å²) in [6, 6.07) is 17.4. The van der Waals surface area contributed by atoms with E-state index in [2.05, 4.69) is 28.5 Å². The molecule has 0 spiro atoms. The van der Waals surface area contributed by atoms with E-state index >= 15 is 0 Å². The Morgan fingerprint density at radius 1 is 1.15 bits per heavy atom. The number of esters is 1. The summed E-state index contributed by atoms with van der Waals surface area (Å²) in [4.78, 5) is 30.6. The Bertz CT molecular complexity index is 1490. The van der Waals surface area contributed by atoms with Crippen molar-refractivity contribution in [2.24, 2.45) is 11.8 Å². The molecule has 3 aromatic rings. The average Bonchev–Trinajstić information content (AvgIpc) is 3.54. The molecule has 1 aliphatic heterocycles. The average molecular weight is 773 g/mol. The predicted octanol–water partition coefficient (Wildman–Crippen LogP) is 7.37. The first kappa shape index (κ1) is 40.3. The Labute approximate surface area is 299 Å². The third kappa shape index (κ3) is 12.0. The molecule has 2 aromatic carbocycles. The molecule has 1 aromatic heterocycles. The fourth-order valence-electron chi connectivity index (χ4n) is 5.05. The topological polar surface area (TPSA) is 111 Å². The molecule has 11 heteroatoms. The standard InChI is InChI=1S/C25H28N2O4.C10H19IN2O2.C2H2/c1-25(2,3)31-24(28)27-13-12-19(16-27)30-23-15-21(17-8-6-5-7-9-17)26-22-14-18(29-4)10-11-20(22)23;1-5-8(7(3)4)9(12-13-11)10(14)15-6-2;1-2/h5-11,14-15,19H,12-13,16H2,1-4H3;5,7-9,12-13H,1,6H2,2-4H3;1-2H/t19-;;/m1../s1. The van der Waals surface area contributed by atoms with Crippen LogP contribution in [0.1, 0.15) is 48.0 Å². The minimum Gasteiger partial charge on any atom is -0.497 e. The molecule has 0 aliphatic carbocycles. The number of aromatic nitrogens is 1. The highest BCUT2D eigenvalue weighted by atomic mass is 127. The highest BCUT2D eigenvalue weighted by molar-refractivity contribution is 14.1. The zero-order chi connectivity index (χ0) is 35.9. The van der Waals surface area contributed by atoms with Crippen molar-refractivity contribution in [2.45, 2.75) is 65.7 Å². The Hall–Kier alpha value is -3.86. The summed E-state index contributed by atoms with van der Waals surface area (Å²) < 4.78 is 25.0. The maximum absolute atomic E-state index is 12.4. The lowest BCUT2D eigenvalue weighted by molar-refractivity contribution is -0.147. The van der Waals surface area contributed by atoms with Crippen LogP contribution >= 0.6 is 22.9 Å². The molecular formula is C37H49IN4O6. The molecule has 48 heavy (non-hydrogen) atoms. The van der Waals surface area contributed by atoms with E-state index in [1.165, 1.54) is 0 Å². The van der Waals surface area contributed by atoms with Crippen LogP contribution in [0.4, 0.5) is 4.79 Å². The van der Waals surface area contributed by atoms with E-state index in [4.69, 9.17) is 23.9 Å². The lowest BCUT2D eigenvalue weighted by Gasteiger charge is -2.25. The van der Waals surface area contributed by atoms with E-state index in [0.717, 1.165) is 40.1 Å². The summed E-state index contributed by atoms with van der Waals surface area (Å²) in [5.74, 6) is 1.62. The highest BCUT2D eigenvalue weighted by Crippen LogP contribution is 2.34. The van der Waals surface area contributed by atoms with Gasteiger partial charge in [-0.25, -0.2) is 15.2 Å². The van der Waals surface area contributed by atoms with Gasteiger partial charge in [-0.1, -0.05) is 50.3 Å². The van der Waals surface area contributed by atoms with Crippen molar-refractivity contribution in [3.05, 3.63) is 67.3 Å². The second kappa shape index (κ2) is 19.8. The summed E-state index contributed by atoms with van der Waals surface area (Å²) in [5, 5.41) is 0.913. The van der Waals surface area contributed by atoms with Gasteiger partial charge in [0.05, 0.1) is 31.5 Å². The molecule has 3 atom stereocenters. The van der Waals surface area contributed by atoms with Crippen molar-refractivity contribution in [3.63, 3.8) is 0 Å². The number of fused-ring (bicyclic) bond motifs is 1.